The number of rotatable bonds is 4. The van der Waals surface area contributed by atoms with E-state index >= 15 is 0 Å². The van der Waals surface area contributed by atoms with Gasteiger partial charge >= 0.3 is 0 Å². The highest BCUT2D eigenvalue weighted by molar-refractivity contribution is 5.80. The maximum absolute atomic E-state index is 14.0. The van der Waals surface area contributed by atoms with Gasteiger partial charge in [-0.25, -0.2) is 8.78 Å². The number of benzene rings is 1. The summed E-state index contributed by atoms with van der Waals surface area (Å²) in [5, 5.41) is 3.56. The lowest BCUT2D eigenvalue weighted by atomic mass is 10.0. The fraction of sp³-hybridized carbons (Fsp3) is 0.632. The van der Waals surface area contributed by atoms with Gasteiger partial charge in [0.1, 0.15) is 11.6 Å². The normalized spacial score (nSPS) is 22.9. The minimum atomic E-state index is -0.397. The van der Waals surface area contributed by atoms with Crippen LogP contribution in [0, 0.1) is 23.0 Å². The summed E-state index contributed by atoms with van der Waals surface area (Å²) in [6.45, 7) is 3.85. The zero-order chi connectivity index (χ0) is 17.4. The number of piperazine rings is 1. The topological polar surface area (TPSA) is 30.9 Å². The third-order valence-corrected chi connectivity index (χ3v) is 5.97. The van der Waals surface area contributed by atoms with Crippen LogP contribution in [0.3, 0.4) is 0 Å². The van der Waals surface area contributed by atoms with Crippen LogP contribution in [-0.4, -0.2) is 50.6 Å². The summed E-state index contributed by atoms with van der Waals surface area (Å²) in [5.41, 5.74) is 0.885. The first-order chi connectivity index (χ1) is 12.1. The molecule has 1 N–H and O–H groups in total. The van der Waals surface area contributed by atoms with Crippen molar-refractivity contribution in [2.24, 2.45) is 16.3 Å². The SMILES string of the molecule is CN=C(NCC1(C2CC2)CC1)N1CCN(c2cc(F)ccc2F)CC1. The van der Waals surface area contributed by atoms with Crippen LogP contribution < -0.4 is 10.2 Å². The van der Waals surface area contributed by atoms with E-state index in [0.29, 0.717) is 24.2 Å². The molecular weight excluding hydrogens is 322 g/mol. The lowest BCUT2D eigenvalue weighted by molar-refractivity contribution is 0.357. The van der Waals surface area contributed by atoms with Crippen LogP contribution in [0.1, 0.15) is 25.7 Å². The lowest BCUT2D eigenvalue weighted by Gasteiger charge is -2.38. The molecule has 25 heavy (non-hydrogen) atoms. The fourth-order valence-corrected chi connectivity index (χ4v) is 4.06. The van der Waals surface area contributed by atoms with Gasteiger partial charge in [-0.1, -0.05) is 0 Å². The van der Waals surface area contributed by atoms with Crippen molar-refractivity contribution in [2.75, 3.05) is 44.7 Å². The quantitative estimate of drug-likeness (QED) is 0.671. The molecular formula is C19H26F2N4. The molecule has 3 aliphatic rings. The third-order valence-electron chi connectivity index (χ3n) is 5.97. The second kappa shape index (κ2) is 6.46. The monoisotopic (exact) mass is 348 g/mol. The van der Waals surface area contributed by atoms with Crippen molar-refractivity contribution in [3.8, 4) is 0 Å². The van der Waals surface area contributed by atoms with Crippen molar-refractivity contribution >= 4 is 11.6 Å². The Bertz CT molecular complexity index is 659. The molecule has 1 aromatic carbocycles. The molecule has 0 aromatic heterocycles. The van der Waals surface area contributed by atoms with Gasteiger partial charge in [-0.3, -0.25) is 4.99 Å². The number of nitrogens with zero attached hydrogens (tertiary/aromatic N) is 3. The molecule has 6 heteroatoms. The van der Waals surface area contributed by atoms with E-state index < -0.39 is 5.82 Å². The number of hydrogen-bond donors (Lipinski definition) is 1. The van der Waals surface area contributed by atoms with Gasteiger partial charge < -0.3 is 15.1 Å². The molecule has 0 amide bonds. The molecule has 1 saturated heterocycles. The van der Waals surface area contributed by atoms with E-state index in [-0.39, 0.29) is 5.82 Å². The third kappa shape index (κ3) is 3.44. The van der Waals surface area contributed by atoms with Crippen molar-refractivity contribution in [2.45, 2.75) is 25.7 Å². The van der Waals surface area contributed by atoms with Crippen molar-refractivity contribution in [1.29, 1.82) is 0 Å². The maximum Gasteiger partial charge on any atom is 0.193 e. The van der Waals surface area contributed by atoms with Crippen LogP contribution in [0.4, 0.5) is 14.5 Å². The predicted molar refractivity (Wildman–Crippen MR) is 95.9 cm³/mol. The van der Waals surface area contributed by atoms with Gasteiger partial charge in [0.15, 0.2) is 5.96 Å². The molecule has 0 spiro atoms. The molecule has 3 fully saturated rings. The summed E-state index contributed by atoms with van der Waals surface area (Å²) in [4.78, 5) is 8.56. The fourth-order valence-electron chi connectivity index (χ4n) is 4.06. The van der Waals surface area contributed by atoms with Crippen molar-refractivity contribution in [1.82, 2.24) is 10.2 Å². The van der Waals surface area contributed by atoms with E-state index in [1.54, 1.807) is 0 Å². The molecule has 1 heterocycles. The highest BCUT2D eigenvalue weighted by atomic mass is 19.1. The second-order valence-electron chi connectivity index (χ2n) is 7.61. The maximum atomic E-state index is 14.0. The molecule has 0 atom stereocenters. The average Bonchev–Trinajstić information content (AvgIpc) is 3.51. The molecule has 2 aliphatic carbocycles. The van der Waals surface area contributed by atoms with Crippen LogP contribution in [-0.2, 0) is 0 Å². The van der Waals surface area contributed by atoms with Gasteiger partial charge in [0, 0.05) is 45.8 Å². The van der Waals surface area contributed by atoms with Crippen LogP contribution >= 0.6 is 0 Å². The summed E-state index contributed by atoms with van der Waals surface area (Å²) in [7, 11) is 1.82. The van der Waals surface area contributed by atoms with Gasteiger partial charge in [0.2, 0.25) is 0 Å². The van der Waals surface area contributed by atoms with Gasteiger partial charge in [0.25, 0.3) is 0 Å². The van der Waals surface area contributed by atoms with Gasteiger partial charge in [0.05, 0.1) is 5.69 Å². The van der Waals surface area contributed by atoms with E-state index in [2.05, 4.69) is 15.2 Å². The van der Waals surface area contributed by atoms with E-state index in [9.17, 15) is 8.78 Å². The molecule has 136 valence electrons. The van der Waals surface area contributed by atoms with E-state index in [1.807, 2.05) is 11.9 Å². The minimum absolute atomic E-state index is 0.355. The number of nitrogens with one attached hydrogen (secondary N) is 1. The summed E-state index contributed by atoms with van der Waals surface area (Å²) in [5.74, 6) is 1.10. The van der Waals surface area contributed by atoms with Crippen LogP contribution in [0.5, 0.6) is 0 Å². The molecule has 1 aliphatic heterocycles. The molecule has 0 bridgehead atoms. The van der Waals surface area contributed by atoms with Crippen LogP contribution in [0.15, 0.2) is 23.2 Å². The zero-order valence-electron chi connectivity index (χ0n) is 14.8. The molecule has 4 nitrogen and oxygen atoms in total. The Morgan fingerprint density at radius 2 is 1.92 bits per heavy atom. The highest BCUT2D eigenvalue weighted by Gasteiger charge is 2.53. The first-order valence-electron chi connectivity index (χ1n) is 9.27. The Labute approximate surface area is 147 Å². The Balaban J connectivity index is 1.33. The summed E-state index contributed by atoms with van der Waals surface area (Å²) >= 11 is 0. The molecule has 2 saturated carbocycles. The Kier molecular flexibility index (Phi) is 4.29. The Morgan fingerprint density at radius 3 is 2.52 bits per heavy atom. The average molecular weight is 348 g/mol. The van der Waals surface area contributed by atoms with Gasteiger partial charge in [-0.15, -0.1) is 0 Å². The Morgan fingerprint density at radius 1 is 1.20 bits per heavy atom. The van der Waals surface area contributed by atoms with E-state index in [1.165, 1.54) is 37.8 Å². The summed E-state index contributed by atoms with van der Waals surface area (Å²) in [6, 6.07) is 3.64. The number of anilines is 1. The van der Waals surface area contributed by atoms with Crippen molar-refractivity contribution < 1.29 is 8.78 Å². The number of aliphatic imine (C=N–C) groups is 1. The zero-order valence-corrected chi connectivity index (χ0v) is 14.8. The Hall–Kier alpha value is -1.85. The second-order valence-corrected chi connectivity index (χ2v) is 7.61. The summed E-state index contributed by atoms with van der Waals surface area (Å²) in [6.07, 6.45) is 5.46. The largest absolute Gasteiger partial charge is 0.366 e. The van der Waals surface area contributed by atoms with E-state index in [4.69, 9.17) is 0 Å². The highest BCUT2D eigenvalue weighted by Crippen LogP contribution is 2.60. The minimum Gasteiger partial charge on any atom is -0.366 e. The molecule has 0 unspecified atom stereocenters. The molecule has 4 rings (SSSR count). The number of hydrogen-bond acceptors (Lipinski definition) is 2. The molecule has 0 radical (unpaired) electrons. The van der Waals surface area contributed by atoms with Crippen LogP contribution in [0.25, 0.3) is 0 Å². The van der Waals surface area contributed by atoms with Crippen LogP contribution in [0.2, 0.25) is 0 Å². The van der Waals surface area contributed by atoms with Crippen molar-refractivity contribution in [3.05, 3.63) is 29.8 Å². The van der Waals surface area contributed by atoms with Gasteiger partial charge in [-0.2, -0.15) is 0 Å². The number of halogens is 2. The van der Waals surface area contributed by atoms with Gasteiger partial charge in [-0.05, 0) is 49.1 Å². The standard InChI is InChI=1S/C19H26F2N4/c1-22-18(23-13-19(6-7-19)14-2-3-14)25-10-8-24(9-11-25)17-12-15(20)4-5-16(17)21/h4-5,12,14H,2-3,6-11,13H2,1H3,(H,22,23). The lowest BCUT2D eigenvalue weighted by Crippen LogP contribution is -2.53. The van der Waals surface area contributed by atoms with E-state index in [0.717, 1.165) is 37.6 Å². The predicted octanol–water partition coefficient (Wildman–Crippen LogP) is 2.85. The summed E-state index contributed by atoms with van der Waals surface area (Å²) < 4.78 is 27.4. The smallest absolute Gasteiger partial charge is 0.193 e. The number of guanidine groups is 1. The first kappa shape index (κ1) is 16.6. The first-order valence-corrected chi connectivity index (χ1v) is 9.27. The molecule has 1 aromatic rings. The van der Waals surface area contributed by atoms with Crippen molar-refractivity contribution in [3.63, 3.8) is 0 Å².